The van der Waals surface area contributed by atoms with Gasteiger partial charge in [-0.15, -0.1) is 0 Å². The normalized spacial score (nSPS) is 15.2. The number of ether oxygens (including phenoxy) is 1. The zero-order chi connectivity index (χ0) is 17.8. The third-order valence-corrected chi connectivity index (χ3v) is 4.46. The number of likely N-dealkylation sites (tertiary alicyclic amines) is 1. The van der Waals surface area contributed by atoms with Gasteiger partial charge in [-0.05, 0) is 25.0 Å². The van der Waals surface area contributed by atoms with E-state index in [2.05, 4.69) is 9.97 Å². The first-order chi connectivity index (χ1) is 12.0. The lowest BCUT2D eigenvalue weighted by Gasteiger charge is -2.29. The lowest BCUT2D eigenvalue weighted by Crippen LogP contribution is -2.37. The number of hydrogen-bond donors (Lipinski definition) is 1. The van der Waals surface area contributed by atoms with Crippen molar-refractivity contribution in [3.63, 3.8) is 0 Å². The van der Waals surface area contributed by atoms with E-state index in [-0.39, 0.29) is 12.5 Å². The molecule has 0 radical (unpaired) electrons. The van der Waals surface area contributed by atoms with Crippen LogP contribution in [-0.2, 0) is 6.61 Å². The van der Waals surface area contributed by atoms with E-state index in [0.29, 0.717) is 48.1 Å². The van der Waals surface area contributed by atoms with Gasteiger partial charge in [0.1, 0.15) is 18.1 Å². The monoisotopic (exact) mass is 365 g/mol. The number of piperidine rings is 1. The van der Waals surface area contributed by atoms with E-state index in [4.69, 9.17) is 21.4 Å². The third kappa shape index (κ3) is 4.17. The Kier molecular flexibility index (Phi) is 5.33. The van der Waals surface area contributed by atoms with Crippen molar-refractivity contribution in [2.45, 2.75) is 25.4 Å². The average Bonchev–Trinajstić information content (AvgIpc) is 2.61. The van der Waals surface area contributed by atoms with Crippen LogP contribution in [0.4, 0.5) is 9.18 Å². The highest BCUT2D eigenvalue weighted by Gasteiger charge is 2.27. The van der Waals surface area contributed by atoms with E-state index >= 15 is 0 Å². The van der Waals surface area contributed by atoms with Crippen LogP contribution in [0.25, 0.3) is 0 Å². The van der Waals surface area contributed by atoms with Gasteiger partial charge in [0.2, 0.25) is 5.88 Å². The average molecular weight is 366 g/mol. The molecule has 0 spiro atoms. The summed E-state index contributed by atoms with van der Waals surface area (Å²) in [5.41, 5.74) is 1.06. The van der Waals surface area contributed by atoms with Crippen LogP contribution in [-0.4, -0.2) is 39.2 Å². The number of carboxylic acid groups (broad SMARTS) is 1. The second kappa shape index (κ2) is 7.65. The number of hydrogen-bond acceptors (Lipinski definition) is 4. The van der Waals surface area contributed by atoms with Gasteiger partial charge in [0.25, 0.3) is 0 Å². The van der Waals surface area contributed by atoms with E-state index in [1.807, 2.05) is 0 Å². The van der Waals surface area contributed by atoms with Crippen LogP contribution >= 0.6 is 11.6 Å². The first-order valence-corrected chi connectivity index (χ1v) is 8.28. The predicted molar refractivity (Wildman–Crippen MR) is 89.3 cm³/mol. The molecule has 0 aliphatic carbocycles. The van der Waals surface area contributed by atoms with Gasteiger partial charge >= 0.3 is 6.09 Å². The lowest BCUT2D eigenvalue weighted by molar-refractivity contribution is 0.131. The number of rotatable bonds is 4. The summed E-state index contributed by atoms with van der Waals surface area (Å²) in [5.74, 6) is -0.0207. The molecular formula is C17H17ClFN3O3. The largest absolute Gasteiger partial charge is 0.471 e. The molecule has 1 saturated heterocycles. The summed E-state index contributed by atoms with van der Waals surface area (Å²) in [6, 6.07) is 4.40. The van der Waals surface area contributed by atoms with Gasteiger partial charge in [0.15, 0.2) is 0 Å². The Morgan fingerprint density at radius 2 is 2.04 bits per heavy atom. The topological polar surface area (TPSA) is 75.5 Å². The minimum Gasteiger partial charge on any atom is -0.471 e. The first kappa shape index (κ1) is 17.4. The Labute approximate surface area is 149 Å². The van der Waals surface area contributed by atoms with Crippen LogP contribution in [0, 0.1) is 5.82 Å². The molecule has 1 aliphatic rings. The summed E-state index contributed by atoms with van der Waals surface area (Å²) >= 11 is 5.75. The van der Waals surface area contributed by atoms with E-state index < -0.39 is 11.9 Å². The standard InChI is InChI=1S/C17H17ClFN3O3/c18-13-2-1-12(14(19)9-13)10-25-16-15(20-5-6-21-16)11-3-7-22(8-4-11)17(23)24/h1-2,5-6,9,11H,3-4,7-8,10H2,(H,23,24). The lowest BCUT2D eigenvalue weighted by atomic mass is 9.93. The molecule has 132 valence electrons. The summed E-state index contributed by atoms with van der Waals surface area (Å²) in [4.78, 5) is 21.0. The molecular weight excluding hydrogens is 349 g/mol. The quantitative estimate of drug-likeness (QED) is 0.894. The molecule has 1 aromatic carbocycles. The Hall–Kier alpha value is -2.41. The molecule has 1 aromatic heterocycles. The second-order valence-electron chi connectivity index (χ2n) is 5.82. The van der Waals surface area contributed by atoms with Gasteiger partial charge in [0, 0.05) is 42.0 Å². The highest BCUT2D eigenvalue weighted by molar-refractivity contribution is 6.30. The SMILES string of the molecule is O=C(O)N1CCC(c2nccnc2OCc2ccc(Cl)cc2F)CC1. The van der Waals surface area contributed by atoms with Gasteiger partial charge in [-0.1, -0.05) is 17.7 Å². The van der Waals surface area contributed by atoms with Gasteiger partial charge in [-0.25, -0.2) is 14.2 Å². The molecule has 2 aromatic rings. The van der Waals surface area contributed by atoms with Crippen LogP contribution in [0.3, 0.4) is 0 Å². The van der Waals surface area contributed by atoms with Gasteiger partial charge in [-0.3, -0.25) is 4.98 Å². The maximum Gasteiger partial charge on any atom is 0.407 e. The summed E-state index contributed by atoms with van der Waals surface area (Å²) in [6.45, 7) is 0.909. The van der Waals surface area contributed by atoms with Crippen molar-refractivity contribution in [2.75, 3.05) is 13.1 Å². The first-order valence-electron chi connectivity index (χ1n) is 7.90. The molecule has 0 atom stereocenters. The number of aromatic nitrogens is 2. The van der Waals surface area contributed by atoms with Crippen molar-refractivity contribution in [3.8, 4) is 5.88 Å². The van der Waals surface area contributed by atoms with Crippen LogP contribution in [0.2, 0.25) is 5.02 Å². The zero-order valence-electron chi connectivity index (χ0n) is 13.4. The number of nitrogens with zero attached hydrogens (tertiary/aromatic N) is 3. The Morgan fingerprint density at radius 3 is 2.72 bits per heavy atom. The highest BCUT2D eigenvalue weighted by atomic mass is 35.5. The molecule has 25 heavy (non-hydrogen) atoms. The van der Waals surface area contributed by atoms with E-state index in [9.17, 15) is 9.18 Å². The van der Waals surface area contributed by atoms with Gasteiger partial charge in [-0.2, -0.15) is 0 Å². The molecule has 6 nitrogen and oxygen atoms in total. The van der Waals surface area contributed by atoms with Gasteiger partial charge < -0.3 is 14.7 Å². The molecule has 0 bridgehead atoms. The van der Waals surface area contributed by atoms with Crippen LogP contribution < -0.4 is 4.74 Å². The summed E-state index contributed by atoms with van der Waals surface area (Å²) < 4.78 is 19.6. The Morgan fingerprint density at radius 1 is 1.32 bits per heavy atom. The summed E-state index contributed by atoms with van der Waals surface area (Å²) in [7, 11) is 0. The van der Waals surface area contributed by atoms with Crippen molar-refractivity contribution < 1.29 is 19.0 Å². The number of halogens is 2. The highest BCUT2D eigenvalue weighted by Crippen LogP contribution is 2.31. The minimum absolute atomic E-state index is 0.0165. The third-order valence-electron chi connectivity index (χ3n) is 4.22. The van der Waals surface area contributed by atoms with Gasteiger partial charge in [0.05, 0.1) is 0 Å². The molecule has 1 aliphatic heterocycles. The summed E-state index contributed by atoms with van der Waals surface area (Å²) in [6.07, 6.45) is 3.48. The van der Waals surface area contributed by atoms with Crippen molar-refractivity contribution >= 4 is 17.7 Å². The number of benzene rings is 1. The fraction of sp³-hybridized carbons (Fsp3) is 0.353. The zero-order valence-corrected chi connectivity index (χ0v) is 14.1. The van der Waals surface area contributed by atoms with Crippen LogP contribution in [0.1, 0.15) is 30.0 Å². The predicted octanol–water partition coefficient (Wildman–Crippen LogP) is 3.71. The maximum absolute atomic E-state index is 13.9. The van der Waals surface area contributed by atoms with E-state index in [1.165, 1.54) is 17.2 Å². The molecule has 2 heterocycles. The van der Waals surface area contributed by atoms with E-state index in [1.54, 1.807) is 18.3 Å². The van der Waals surface area contributed by atoms with Crippen molar-refractivity contribution in [1.82, 2.24) is 14.9 Å². The summed E-state index contributed by atoms with van der Waals surface area (Å²) in [5, 5.41) is 9.36. The molecule has 1 fully saturated rings. The second-order valence-corrected chi connectivity index (χ2v) is 6.25. The smallest absolute Gasteiger partial charge is 0.407 e. The van der Waals surface area contributed by atoms with Crippen molar-refractivity contribution in [1.29, 1.82) is 0 Å². The van der Waals surface area contributed by atoms with Crippen LogP contribution in [0.15, 0.2) is 30.6 Å². The Bertz CT molecular complexity index is 767. The fourth-order valence-electron chi connectivity index (χ4n) is 2.86. The fourth-order valence-corrected chi connectivity index (χ4v) is 3.02. The number of amides is 1. The van der Waals surface area contributed by atoms with Crippen molar-refractivity contribution in [2.24, 2.45) is 0 Å². The van der Waals surface area contributed by atoms with E-state index in [0.717, 1.165) is 0 Å². The molecule has 0 unspecified atom stereocenters. The number of carbonyl (C=O) groups is 1. The molecule has 3 rings (SSSR count). The molecule has 1 amide bonds. The molecule has 0 saturated carbocycles. The van der Waals surface area contributed by atoms with Crippen molar-refractivity contribution in [3.05, 3.63) is 52.7 Å². The Balaban J connectivity index is 1.70. The van der Waals surface area contributed by atoms with Crippen LogP contribution in [0.5, 0.6) is 5.88 Å². The minimum atomic E-state index is -0.910. The maximum atomic E-state index is 13.9. The molecule has 1 N–H and O–H groups in total. The molecule has 8 heteroatoms.